The van der Waals surface area contributed by atoms with Crippen LogP contribution in [0.1, 0.15) is 24.6 Å². The van der Waals surface area contributed by atoms with Crippen LogP contribution >= 0.6 is 11.6 Å². The Morgan fingerprint density at radius 1 is 0.969 bits per heavy atom. The Hall–Kier alpha value is -2.61. The van der Waals surface area contributed by atoms with Crippen LogP contribution < -0.4 is 10.3 Å². The molecular weight excluding hydrogens is 448 g/mol. The first-order chi connectivity index (χ1) is 15.3. The third-order valence-electron chi connectivity index (χ3n) is 5.91. The number of sulfonamides is 1. The molecule has 0 amide bonds. The summed E-state index contributed by atoms with van der Waals surface area (Å²) in [6.07, 6.45) is 1.80. The van der Waals surface area contributed by atoms with Crippen molar-refractivity contribution in [1.29, 1.82) is 0 Å². The van der Waals surface area contributed by atoms with Gasteiger partial charge in [-0.1, -0.05) is 35.9 Å². The van der Waals surface area contributed by atoms with Gasteiger partial charge < -0.3 is 9.30 Å². The average molecular weight is 471 g/mol. The summed E-state index contributed by atoms with van der Waals surface area (Å²) in [5.74, 6) is 0.496. The minimum atomic E-state index is -3.63. The second-order valence-corrected chi connectivity index (χ2v) is 10.7. The zero-order valence-electron chi connectivity index (χ0n) is 17.6. The lowest BCUT2D eigenvalue weighted by molar-refractivity contribution is 0.0758. The van der Waals surface area contributed by atoms with Gasteiger partial charge in [0.25, 0.3) is 5.56 Å². The van der Waals surface area contributed by atoms with Crippen LogP contribution in [0.15, 0.2) is 70.4 Å². The Bertz CT molecular complexity index is 1320. The fourth-order valence-electron chi connectivity index (χ4n) is 4.04. The minimum absolute atomic E-state index is 0.0645. The Labute approximate surface area is 192 Å². The Morgan fingerprint density at radius 3 is 2.34 bits per heavy atom. The molecule has 1 saturated heterocycles. The molecule has 166 valence electrons. The van der Waals surface area contributed by atoms with Gasteiger partial charge in [0.2, 0.25) is 10.0 Å². The van der Waals surface area contributed by atoms with Crippen molar-refractivity contribution in [1.82, 2.24) is 8.87 Å². The molecule has 32 heavy (non-hydrogen) atoms. The van der Waals surface area contributed by atoms with E-state index in [2.05, 4.69) is 0 Å². The molecule has 1 aliphatic carbocycles. The zero-order valence-corrected chi connectivity index (χ0v) is 19.1. The number of aromatic nitrogens is 1. The number of rotatable bonds is 6. The highest BCUT2D eigenvalue weighted by Gasteiger charge is 2.38. The number of hydrogen-bond acceptors (Lipinski definition) is 4. The number of aryl methyl sites for hydroxylation is 1. The van der Waals surface area contributed by atoms with Crippen LogP contribution in [0.25, 0.3) is 11.1 Å². The van der Waals surface area contributed by atoms with E-state index < -0.39 is 10.0 Å². The number of benzene rings is 2. The number of pyridine rings is 1. The van der Waals surface area contributed by atoms with Gasteiger partial charge in [-0.05, 0) is 61.2 Å². The number of halogens is 1. The van der Waals surface area contributed by atoms with Gasteiger partial charge in [0.05, 0.1) is 18.0 Å². The smallest absolute Gasteiger partial charge is 0.254 e. The first-order valence-electron chi connectivity index (χ1n) is 10.6. The lowest BCUT2D eigenvalue weighted by Gasteiger charge is -2.37. The van der Waals surface area contributed by atoms with E-state index in [1.807, 2.05) is 31.2 Å². The van der Waals surface area contributed by atoms with Crippen molar-refractivity contribution in [3.63, 3.8) is 0 Å². The lowest BCUT2D eigenvalue weighted by Crippen LogP contribution is -2.56. The third-order valence-corrected chi connectivity index (χ3v) is 7.99. The van der Waals surface area contributed by atoms with Gasteiger partial charge in [-0.2, -0.15) is 4.31 Å². The molecular formula is C24H23ClN2O4S. The summed E-state index contributed by atoms with van der Waals surface area (Å²) in [5.41, 5.74) is 2.51. The summed E-state index contributed by atoms with van der Waals surface area (Å²) in [6.45, 7) is 2.40. The fourth-order valence-corrected chi connectivity index (χ4v) is 5.72. The Morgan fingerprint density at radius 2 is 1.69 bits per heavy atom. The average Bonchev–Trinajstić information content (AvgIpc) is 3.55. The SMILES string of the molecule is Cc1cc(OC2CN(S(=O)(=O)c3cccc(-c4ccc(Cl)cc4)c3)C2)cc(=O)n1C1CC1. The summed E-state index contributed by atoms with van der Waals surface area (Å²) >= 11 is 5.95. The maximum atomic E-state index is 13.1. The zero-order chi connectivity index (χ0) is 22.5. The third kappa shape index (κ3) is 4.08. The molecule has 2 fully saturated rings. The van der Waals surface area contributed by atoms with E-state index in [0.29, 0.717) is 16.8 Å². The maximum Gasteiger partial charge on any atom is 0.254 e. The van der Waals surface area contributed by atoms with E-state index in [0.717, 1.165) is 29.7 Å². The van der Waals surface area contributed by atoms with Crippen LogP contribution in [-0.2, 0) is 10.0 Å². The molecule has 5 rings (SSSR count). The van der Waals surface area contributed by atoms with E-state index in [-0.39, 0.29) is 29.6 Å². The molecule has 3 aromatic rings. The first-order valence-corrected chi connectivity index (χ1v) is 12.4. The van der Waals surface area contributed by atoms with Crippen LogP contribution in [-0.4, -0.2) is 36.5 Å². The molecule has 2 aliphatic rings. The second-order valence-electron chi connectivity index (χ2n) is 8.37. The minimum Gasteiger partial charge on any atom is -0.487 e. The molecule has 0 radical (unpaired) electrons. The Kier molecular flexibility index (Phi) is 5.35. The van der Waals surface area contributed by atoms with Gasteiger partial charge >= 0.3 is 0 Å². The van der Waals surface area contributed by atoms with E-state index in [1.165, 1.54) is 10.4 Å². The summed E-state index contributed by atoms with van der Waals surface area (Å²) in [6, 6.07) is 17.8. The highest BCUT2D eigenvalue weighted by Crippen LogP contribution is 2.35. The van der Waals surface area contributed by atoms with Gasteiger partial charge in [-0.3, -0.25) is 4.79 Å². The molecule has 0 N–H and O–H groups in total. The predicted molar refractivity (Wildman–Crippen MR) is 124 cm³/mol. The van der Waals surface area contributed by atoms with Gasteiger partial charge in [0.1, 0.15) is 11.9 Å². The first kappa shape index (κ1) is 21.2. The molecule has 1 aromatic heterocycles. The number of nitrogens with zero attached hydrogens (tertiary/aromatic N) is 2. The molecule has 2 heterocycles. The van der Waals surface area contributed by atoms with Gasteiger partial charge in [-0.15, -0.1) is 0 Å². The van der Waals surface area contributed by atoms with Gasteiger partial charge in [0, 0.05) is 22.8 Å². The highest BCUT2D eigenvalue weighted by molar-refractivity contribution is 7.89. The fraction of sp³-hybridized carbons (Fsp3) is 0.292. The summed E-state index contributed by atoms with van der Waals surface area (Å²) in [4.78, 5) is 12.6. The van der Waals surface area contributed by atoms with E-state index in [9.17, 15) is 13.2 Å². The number of ether oxygens (including phenoxy) is 1. The largest absolute Gasteiger partial charge is 0.487 e. The summed E-state index contributed by atoms with van der Waals surface area (Å²) in [5, 5.41) is 0.629. The van der Waals surface area contributed by atoms with E-state index in [4.69, 9.17) is 16.3 Å². The summed E-state index contributed by atoms with van der Waals surface area (Å²) < 4.78 is 35.3. The van der Waals surface area contributed by atoms with Crippen LogP contribution in [0.4, 0.5) is 0 Å². The lowest BCUT2D eigenvalue weighted by atomic mass is 10.1. The molecule has 8 heteroatoms. The standard InChI is InChI=1S/C24H23ClN2O4S/c1-16-11-21(13-24(28)27(16)20-9-10-20)31-22-14-26(15-22)32(29,30)23-4-2-3-18(12-23)17-5-7-19(25)8-6-17/h2-8,11-13,20,22H,9-10,14-15H2,1H3. The van der Waals surface area contributed by atoms with Crippen LogP contribution in [0.5, 0.6) is 5.75 Å². The van der Waals surface area contributed by atoms with Crippen LogP contribution in [0.2, 0.25) is 5.02 Å². The molecule has 2 aromatic carbocycles. The van der Waals surface area contributed by atoms with Crippen molar-refractivity contribution in [2.24, 2.45) is 0 Å². The molecule has 0 bridgehead atoms. The van der Waals surface area contributed by atoms with Crippen molar-refractivity contribution in [2.75, 3.05) is 13.1 Å². The molecule has 1 saturated carbocycles. The Balaban J connectivity index is 1.28. The van der Waals surface area contributed by atoms with Crippen LogP contribution in [0, 0.1) is 6.92 Å². The molecule has 0 atom stereocenters. The number of hydrogen-bond donors (Lipinski definition) is 0. The van der Waals surface area contributed by atoms with Crippen molar-refractivity contribution >= 4 is 21.6 Å². The van der Waals surface area contributed by atoms with E-state index in [1.54, 1.807) is 34.9 Å². The molecule has 0 spiro atoms. The summed E-state index contributed by atoms with van der Waals surface area (Å²) in [7, 11) is -3.63. The highest BCUT2D eigenvalue weighted by atomic mass is 35.5. The second kappa shape index (κ2) is 8.06. The quantitative estimate of drug-likeness (QED) is 0.539. The van der Waals surface area contributed by atoms with Crippen molar-refractivity contribution in [3.8, 4) is 16.9 Å². The molecule has 6 nitrogen and oxygen atoms in total. The van der Waals surface area contributed by atoms with E-state index >= 15 is 0 Å². The van der Waals surface area contributed by atoms with Gasteiger partial charge in [0.15, 0.2) is 0 Å². The van der Waals surface area contributed by atoms with Crippen molar-refractivity contribution < 1.29 is 13.2 Å². The van der Waals surface area contributed by atoms with Crippen LogP contribution in [0.3, 0.4) is 0 Å². The van der Waals surface area contributed by atoms with Crippen molar-refractivity contribution in [2.45, 2.75) is 36.8 Å². The molecule has 0 unspecified atom stereocenters. The van der Waals surface area contributed by atoms with Gasteiger partial charge in [-0.25, -0.2) is 8.42 Å². The predicted octanol–water partition coefficient (Wildman–Crippen LogP) is 4.26. The monoisotopic (exact) mass is 470 g/mol. The normalized spacial score (nSPS) is 17.2. The molecule has 1 aliphatic heterocycles. The maximum absolute atomic E-state index is 13.1. The van der Waals surface area contributed by atoms with Crippen molar-refractivity contribution in [3.05, 3.63) is 81.7 Å². The topological polar surface area (TPSA) is 68.6 Å².